The molecule has 2 rings (SSSR count). The monoisotopic (exact) mass is 121 g/mol. The van der Waals surface area contributed by atoms with Crippen LogP contribution in [0.25, 0.3) is 6.08 Å². The fraction of sp³-hybridized carbons (Fsp3) is 0.143. The fourth-order valence-electron chi connectivity index (χ4n) is 1.03. The van der Waals surface area contributed by atoms with Crippen molar-refractivity contribution in [2.24, 2.45) is 0 Å². The number of hydrogen-bond acceptors (Lipinski definition) is 1. The maximum Gasteiger partial charge on any atom is 1.00 e. The van der Waals surface area contributed by atoms with Gasteiger partial charge in [-0.25, -0.2) is 0 Å². The normalized spacial score (nSPS) is 14.7. The van der Waals surface area contributed by atoms with Gasteiger partial charge in [0.15, 0.2) is 0 Å². The molecule has 2 heterocycles. The summed E-state index contributed by atoms with van der Waals surface area (Å²) in [6, 6.07) is 2.09. The number of aromatic amines is 1. The minimum Gasteiger partial charge on any atom is -0.387 e. The lowest BCUT2D eigenvalue weighted by Gasteiger charge is -2.05. The molecular weight excluding hydrogens is 112 g/mol. The number of rotatable bonds is 0. The Kier molecular flexibility index (Phi) is 0.859. The van der Waals surface area contributed by atoms with E-state index >= 15 is 0 Å². The molecule has 0 bridgehead atoms. The number of H-pyrrole nitrogens is 1. The van der Waals surface area contributed by atoms with Gasteiger partial charge in [-0.1, -0.05) is 0 Å². The Hall–Kier alpha value is -1.18. The molecule has 0 aromatic carbocycles. The van der Waals surface area contributed by atoms with E-state index in [1.807, 2.05) is 18.5 Å². The second-order valence-corrected chi connectivity index (χ2v) is 2.13. The van der Waals surface area contributed by atoms with Crippen LogP contribution in [0.5, 0.6) is 0 Å². The summed E-state index contributed by atoms with van der Waals surface area (Å²) in [6.45, 7) is 0.954. The molecule has 46 valence electrons. The molecular formula is C7H9N2+. The first-order valence-electron chi connectivity index (χ1n) is 3.03. The predicted octanol–water partition coefficient (Wildman–Crippen LogP) is 1.20. The lowest BCUT2D eigenvalue weighted by Crippen LogP contribution is -2.08. The highest BCUT2D eigenvalue weighted by Crippen LogP contribution is 2.10. The van der Waals surface area contributed by atoms with E-state index in [2.05, 4.69) is 16.4 Å². The van der Waals surface area contributed by atoms with Gasteiger partial charge in [-0.3, -0.25) is 0 Å². The summed E-state index contributed by atoms with van der Waals surface area (Å²) >= 11 is 0. The average molecular weight is 121 g/mol. The van der Waals surface area contributed by atoms with E-state index in [1.165, 1.54) is 11.3 Å². The van der Waals surface area contributed by atoms with Crippen molar-refractivity contribution >= 4 is 6.08 Å². The summed E-state index contributed by atoms with van der Waals surface area (Å²) in [5.74, 6) is 0. The van der Waals surface area contributed by atoms with E-state index in [0.717, 1.165) is 6.54 Å². The highest BCUT2D eigenvalue weighted by molar-refractivity contribution is 5.51. The summed E-state index contributed by atoms with van der Waals surface area (Å²) in [5.41, 5.74) is 2.58. The highest BCUT2D eigenvalue weighted by Gasteiger charge is 2.01. The van der Waals surface area contributed by atoms with E-state index in [1.54, 1.807) is 0 Å². The first kappa shape index (κ1) is 4.68. The Balaban J connectivity index is 0.000000500. The molecule has 0 saturated heterocycles. The topological polar surface area (TPSA) is 27.8 Å². The molecule has 0 unspecified atom stereocenters. The molecule has 0 fully saturated rings. The van der Waals surface area contributed by atoms with E-state index in [-0.39, 0.29) is 1.43 Å². The van der Waals surface area contributed by atoms with Crippen molar-refractivity contribution in [2.75, 3.05) is 0 Å². The van der Waals surface area contributed by atoms with Gasteiger partial charge in [0.1, 0.15) is 0 Å². The molecule has 2 heteroatoms. The molecule has 2 nitrogen and oxygen atoms in total. The van der Waals surface area contributed by atoms with Gasteiger partial charge in [-0.2, -0.15) is 0 Å². The van der Waals surface area contributed by atoms with Crippen LogP contribution in [-0.2, 0) is 6.54 Å². The summed E-state index contributed by atoms with van der Waals surface area (Å²) < 4.78 is 0. The molecule has 1 aromatic rings. The van der Waals surface area contributed by atoms with Crippen LogP contribution in [0.4, 0.5) is 0 Å². The second kappa shape index (κ2) is 1.65. The standard InChI is InChI=1S/C7H8N2/c1-4-9-7-2-3-8-5-6(1)7/h1-4,8-9H,5H2/p+1. The summed E-state index contributed by atoms with van der Waals surface area (Å²) in [4.78, 5) is 3.13. The van der Waals surface area contributed by atoms with Crippen LogP contribution in [0, 0.1) is 0 Å². The van der Waals surface area contributed by atoms with Crippen LogP contribution in [0.1, 0.15) is 12.7 Å². The molecule has 0 amide bonds. The Bertz CT molecular complexity index is 240. The molecule has 0 spiro atoms. The zero-order chi connectivity index (χ0) is 6.10. The van der Waals surface area contributed by atoms with Gasteiger partial charge >= 0.3 is 1.43 Å². The average Bonchev–Trinajstić information content (AvgIpc) is 2.33. The van der Waals surface area contributed by atoms with Crippen LogP contribution >= 0.6 is 0 Å². The molecule has 0 atom stereocenters. The van der Waals surface area contributed by atoms with Crippen molar-refractivity contribution in [3.63, 3.8) is 0 Å². The summed E-state index contributed by atoms with van der Waals surface area (Å²) in [5, 5.41) is 3.13. The van der Waals surface area contributed by atoms with Gasteiger partial charge in [0.2, 0.25) is 0 Å². The third-order valence-corrected chi connectivity index (χ3v) is 1.53. The van der Waals surface area contributed by atoms with Gasteiger partial charge in [0.05, 0.1) is 0 Å². The fourth-order valence-corrected chi connectivity index (χ4v) is 1.03. The molecule has 1 aromatic heterocycles. The molecule has 0 radical (unpaired) electrons. The minimum absolute atomic E-state index is 0. The first-order chi connectivity index (χ1) is 4.47. The van der Waals surface area contributed by atoms with Crippen molar-refractivity contribution in [3.8, 4) is 0 Å². The third kappa shape index (κ3) is 0.633. The van der Waals surface area contributed by atoms with Crippen molar-refractivity contribution < 1.29 is 1.43 Å². The molecule has 1 aliphatic heterocycles. The largest absolute Gasteiger partial charge is 1.00 e. The Labute approximate surface area is 55.1 Å². The van der Waals surface area contributed by atoms with Crippen molar-refractivity contribution in [2.45, 2.75) is 6.54 Å². The molecule has 2 N–H and O–H groups in total. The van der Waals surface area contributed by atoms with Crippen molar-refractivity contribution in [1.29, 1.82) is 0 Å². The Morgan fingerprint density at radius 2 is 2.56 bits per heavy atom. The smallest absolute Gasteiger partial charge is 0.387 e. The van der Waals surface area contributed by atoms with E-state index in [9.17, 15) is 0 Å². The van der Waals surface area contributed by atoms with Crippen LogP contribution in [0.2, 0.25) is 0 Å². The molecule has 1 aliphatic rings. The van der Waals surface area contributed by atoms with Gasteiger partial charge in [-0.05, 0) is 23.9 Å². The quantitative estimate of drug-likeness (QED) is 0.530. The first-order valence-corrected chi connectivity index (χ1v) is 3.03. The Morgan fingerprint density at radius 3 is 3.44 bits per heavy atom. The Morgan fingerprint density at radius 1 is 1.56 bits per heavy atom. The van der Waals surface area contributed by atoms with Gasteiger partial charge in [0.25, 0.3) is 0 Å². The van der Waals surface area contributed by atoms with E-state index in [4.69, 9.17) is 0 Å². The van der Waals surface area contributed by atoms with Crippen LogP contribution < -0.4 is 5.32 Å². The summed E-state index contributed by atoms with van der Waals surface area (Å²) in [6.07, 6.45) is 5.96. The SMILES string of the molecule is C1=Cc2[nH]ccc2CN1.[H+]. The predicted molar refractivity (Wildman–Crippen MR) is 37.8 cm³/mol. The third-order valence-electron chi connectivity index (χ3n) is 1.53. The maximum absolute atomic E-state index is 3.13. The van der Waals surface area contributed by atoms with Gasteiger partial charge in [0, 0.05) is 18.4 Å². The highest BCUT2D eigenvalue weighted by atomic mass is 14.9. The van der Waals surface area contributed by atoms with E-state index in [0.29, 0.717) is 0 Å². The number of hydrogen-bond donors (Lipinski definition) is 2. The zero-order valence-electron chi connectivity index (χ0n) is 6.02. The molecule has 0 saturated carbocycles. The lowest BCUT2D eigenvalue weighted by molar-refractivity contribution is 0.859. The molecule has 9 heavy (non-hydrogen) atoms. The number of fused-ring (bicyclic) bond motifs is 1. The van der Waals surface area contributed by atoms with Crippen LogP contribution in [0.3, 0.4) is 0 Å². The summed E-state index contributed by atoms with van der Waals surface area (Å²) in [7, 11) is 0. The lowest BCUT2D eigenvalue weighted by atomic mass is 10.2. The van der Waals surface area contributed by atoms with Gasteiger partial charge in [-0.15, -0.1) is 0 Å². The zero-order valence-corrected chi connectivity index (χ0v) is 5.02. The number of aromatic nitrogens is 1. The second-order valence-electron chi connectivity index (χ2n) is 2.13. The van der Waals surface area contributed by atoms with Crippen molar-refractivity contribution in [1.82, 2.24) is 10.3 Å². The number of nitrogens with one attached hydrogen (secondary N) is 2. The van der Waals surface area contributed by atoms with Crippen molar-refractivity contribution in [3.05, 3.63) is 29.7 Å². The minimum atomic E-state index is 0. The maximum atomic E-state index is 3.13. The van der Waals surface area contributed by atoms with E-state index < -0.39 is 0 Å². The van der Waals surface area contributed by atoms with Gasteiger partial charge < -0.3 is 10.3 Å². The van der Waals surface area contributed by atoms with Crippen LogP contribution in [0.15, 0.2) is 18.5 Å². The molecule has 0 aliphatic carbocycles. The van der Waals surface area contributed by atoms with Crippen LogP contribution in [-0.4, -0.2) is 4.98 Å².